The number of amidine groups is 1. The molecule has 1 aliphatic heterocycles. The monoisotopic (exact) mass is 585 g/mol. The summed E-state index contributed by atoms with van der Waals surface area (Å²) in [6.07, 6.45) is -0.330. The lowest BCUT2D eigenvalue weighted by atomic mass is 10.0. The van der Waals surface area contributed by atoms with Crippen LogP contribution in [0.2, 0.25) is 0 Å². The number of quaternary nitrogens is 1. The Balaban J connectivity index is 1.25. The first kappa shape index (κ1) is 25.4. The van der Waals surface area contributed by atoms with Crippen LogP contribution in [0.25, 0.3) is 53.1 Å². The number of nitrogens with two attached hydrogens (primary N) is 1. The molecule has 2 unspecified atom stereocenters. The predicted octanol–water partition coefficient (Wildman–Crippen LogP) is 8.60. The summed E-state index contributed by atoms with van der Waals surface area (Å²) in [5.74, 6) is 0.998. The Hall–Kier alpha value is -5.07. The summed E-state index contributed by atoms with van der Waals surface area (Å²) in [6.45, 7) is 0. The van der Waals surface area contributed by atoms with Gasteiger partial charge in [0, 0.05) is 36.5 Å². The van der Waals surface area contributed by atoms with Crippen molar-refractivity contribution in [1.29, 1.82) is 0 Å². The van der Waals surface area contributed by atoms with E-state index in [9.17, 15) is 0 Å². The predicted molar refractivity (Wildman–Crippen MR) is 184 cm³/mol. The van der Waals surface area contributed by atoms with Gasteiger partial charge in [-0.25, -0.2) is 5.32 Å². The summed E-state index contributed by atoms with van der Waals surface area (Å²) < 4.78 is 5.04. The number of rotatable bonds is 4. The third-order valence-electron chi connectivity index (χ3n) is 8.79. The van der Waals surface area contributed by atoms with E-state index >= 15 is 0 Å². The summed E-state index contributed by atoms with van der Waals surface area (Å²) >= 11 is 1.87. The van der Waals surface area contributed by atoms with Gasteiger partial charge in [-0.3, -0.25) is 5.32 Å². The number of aromatic nitrogens is 1. The van der Waals surface area contributed by atoms with Crippen LogP contribution in [-0.4, -0.2) is 10.4 Å². The number of para-hydroxylation sites is 1. The van der Waals surface area contributed by atoms with Gasteiger partial charge in [0.25, 0.3) is 0 Å². The Morgan fingerprint density at radius 1 is 0.545 bits per heavy atom. The average Bonchev–Trinajstić information content (AvgIpc) is 3.63. The molecule has 0 saturated heterocycles. The summed E-state index contributed by atoms with van der Waals surface area (Å²) in [5, 5.41) is 11.3. The standard InChI is InChI=1S/C39H28N4S/c1-3-12-25(13-4-1)27-16-11-17-28(22-27)38-40-37(26-14-5-2-6-15-26)41-39(42-38)43-33-20-9-7-18-29(33)31-24-36-32(23-34(31)43)30-19-8-10-21-35(30)44-36/h1-24,38-39,42H,(H,40,41)/p+1. The fourth-order valence-electron chi connectivity index (χ4n) is 6.70. The topological polar surface area (TPSA) is 45.9 Å². The molecule has 9 rings (SSSR count). The second kappa shape index (κ2) is 10.3. The van der Waals surface area contributed by atoms with Crippen LogP contribution in [0, 0.1) is 0 Å². The number of benzene rings is 6. The molecule has 8 aromatic rings. The quantitative estimate of drug-likeness (QED) is 0.213. The van der Waals surface area contributed by atoms with Crippen LogP contribution in [0.1, 0.15) is 23.6 Å². The number of hydrogen-bond donors (Lipinski definition) is 2. The molecule has 3 heterocycles. The van der Waals surface area contributed by atoms with Crippen LogP contribution in [0.5, 0.6) is 0 Å². The number of aliphatic imine (C=N–C) groups is 1. The third kappa shape index (κ3) is 4.17. The van der Waals surface area contributed by atoms with E-state index in [1.807, 2.05) is 11.3 Å². The zero-order chi connectivity index (χ0) is 29.0. The van der Waals surface area contributed by atoms with Crippen molar-refractivity contribution in [3.05, 3.63) is 157 Å². The largest absolute Gasteiger partial charge is 0.305 e. The van der Waals surface area contributed by atoms with Gasteiger partial charge in [0.1, 0.15) is 0 Å². The fraction of sp³-hybridized carbons (Fsp3) is 0.0513. The number of fused-ring (bicyclic) bond motifs is 6. The van der Waals surface area contributed by atoms with Crippen LogP contribution < -0.4 is 10.6 Å². The smallest absolute Gasteiger partial charge is 0.231 e. The van der Waals surface area contributed by atoms with Gasteiger partial charge in [0.15, 0.2) is 12.5 Å². The normalized spacial score (nSPS) is 17.0. The summed E-state index contributed by atoms with van der Waals surface area (Å²) in [6, 6.07) is 52.3. The molecule has 0 bridgehead atoms. The molecule has 6 aromatic carbocycles. The molecule has 0 spiro atoms. The van der Waals surface area contributed by atoms with Gasteiger partial charge in [-0.1, -0.05) is 103 Å². The van der Waals surface area contributed by atoms with Crippen molar-refractivity contribution in [2.45, 2.75) is 12.5 Å². The Morgan fingerprint density at radius 2 is 1.25 bits per heavy atom. The van der Waals surface area contributed by atoms with E-state index in [0.29, 0.717) is 0 Å². The van der Waals surface area contributed by atoms with Gasteiger partial charge in [-0.05, 0) is 53.6 Å². The number of nitrogens with one attached hydrogen (secondary N) is 1. The molecule has 0 aliphatic carbocycles. The third-order valence-corrected chi connectivity index (χ3v) is 9.92. The Morgan fingerprint density at radius 3 is 2.09 bits per heavy atom. The lowest BCUT2D eigenvalue weighted by Crippen LogP contribution is -2.93. The molecule has 4 nitrogen and oxygen atoms in total. The van der Waals surface area contributed by atoms with Crippen LogP contribution in [0.15, 0.2) is 151 Å². The van der Waals surface area contributed by atoms with Crippen LogP contribution in [0.4, 0.5) is 0 Å². The maximum atomic E-state index is 5.40. The minimum absolute atomic E-state index is 0.0294. The molecular weight excluding hydrogens is 557 g/mol. The van der Waals surface area contributed by atoms with E-state index in [-0.39, 0.29) is 12.5 Å². The summed E-state index contributed by atoms with van der Waals surface area (Å²) in [7, 11) is 0. The molecule has 1 aliphatic rings. The zero-order valence-electron chi connectivity index (χ0n) is 23.9. The number of thiophene rings is 1. The van der Waals surface area contributed by atoms with Crippen molar-refractivity contribution in [3.63, 3.8) is 0 Å². The second-order valence-corrected chi connectivity index (χ2v) is 12.5. The molecule has 210 valence electrons. The van der Waals surface area contributed by atoms with E-state index < -0.39 is 0 Å². The van der Waals surface area contributed by atoms with Crippen LogP contribution in [0.3, 0.4) is 0 Å². The average molecular weight is 586 g/mol. The number of nitrogens with zero attached hydrogens (tertiary/aromatic N) is 2. The molecule has 0 amide bonds. The van der Waals surface area contributed by atoms with E-state index in [2.05, 4.69) is 161 Å². The van der Waals surface area contributed by atoms with Crippen molar-refractivity contribution in [3.8, 4) is 11.1 Å². The number of hydrogen-bond acceptors (Lipinski definition) is 3. The SMILES string of the molecule is c1ccc(C2=NC(n3c4ccccc4c4cc5sc6ccccc6c5cc43)NC(c3cccc(-c4ccccc4)c3)[NH2+]2)cc1. The van der Waals surface area contributed by atoms with E-state index in [1.54, 1.807) is 0 Å². The van der Waals surface area contributed by atoms with Gasteiger partial charge in [0.05, 0.1) is 16.6 Å². The zero-order valence-corrected chi connectivity index (χ0v) is 24.7. The molecule has 2 atom stereocenters. The fourth-order valence-corrected chi connectivity index (χ4v) is 7.83. The highest BCUT2D eigenvalue weighted by molar-refractivity contribution is 7.25. The van der Waals surface area contributed by atoms with Gasteiger partial charge in [-0.15, -0.1) is 11.3 Å². The molecular formula is C39H29N4S+. The Kier molecular flexibility index (Phi) is 5.94. The van der Waals surface area contributed by atoms with Crippen molar-refractivity contribution in [2.24, 2.45) is 4.99 Å². The molecule has 0 saturated carbocycles. The lowest BCUT2D eigenvalue weighted by Gasteiger charge is -2.29. The Bertz CT molecular complexity index is 2350. The van der Waals surface area contributed by atoms with Crippen molar-refractivity contribution >= 4 is 59.2 Å². The molecule has 3 N–H and O–H groups in total. The highest BCUT2D eigenvalue weighted by Crippen LogP contribution is 2.40. The van der Waals surface area contributed by atoms with E-state index in [1.165, 1.54) is 58.7 Å². The maximum absolute atomic E-state index is 5.40. The molecule has 0 fully saturated rings. The molecule has 5 heteroatoms. The minimum atomic E-state index is -0.301. The van der Waals surface area contributed by atoms with Crippen LogP contribution >= 0.6 is 11.3 Å². The second-order valence-electron chi connectivity index (χ2n) is 11.4. The first-order chi connectivity index (χ1) is 21.8. The summed E-state index contributed by atoms with van der Waals surface area (Å²) in [5.41, 5.74) is 7.13. The molecule has 0 radical (unpaired) electrons. The van der Waals surface area contributed by atoms with Gasteiger partial charge >= 0.3 is 0 Å². The van der Waals surface area contributed by atoms with E-state index in [0.717, 1.165) is 11.4 Å². The highest BCUT2D eigenvalue weighted by atomic mass is 32.1. The van der Waals surface area contributed by atoms with Crippen molar-refractivity contribution in [2.75, 3.05) is 0 Å². The maximum Gasteiger partial charge on any atom is 0.231 e. The first-order valence-corrected chi connectivity index (χ1v) is 15.9. The van der Waals surface area contributed by atoms with Crippen LogP contribution in [-0.2, 0) is 0 Å². The van der Waals surface area contributed by atoms with Crippen molar-refractivity contribution < 1.29 is 5.32 Å². The van der Waals surface area contributed by atoms with Gasteiger partial charge in [0.2, 0.25) is 5.84 Å². The van der Waals surface area contributed by atoms with Gasteiger partial charge < -0.3 is 4.57 Å². The van der Waals surface area contributed by atoms with Crippen molar-refractivity contribution in [1.82, 2.24) is 9.88 Å². The highest BCUT2D eigenvalue weighted by Gasteiger charge is 2.31. The first-order valence-electron chi connectivity index (χ1n) is 15.0. The minimum Gasteiger partial charge on any atom is -0.305 e. The molecule has 2 aromatic heterocycles. The lowest BCUT2D eigenvalue weighted by molar-refractivity contribution is -0.601. The molecule has 44 heavy (non-hydrogen) atoms. The Labute approximate surface area is 258 Å². The van der Waals surface area contributed by atoms with E-state index in [4.69, 9.17) is 4.99 Å². The summed E-state index contributed by atoms with van der Waals surface area (Å²) in [4.78, 5) is 5.40. The van der Waals surface area contributed by atoms with Gasteiger partial charge in [-0.2, -0.15) is 4.99 Å².